The van der Waals surface area contributed by atoms with E-state index < -0.39 is 5.97 Å². The molecule has 0 bridgehead atoms. The summed E-state index contributed by atoms with van der Waals surface area (Å²) in [5.74, 6) is 1.30. The van der Waals surface area contributed by atoms with E-state index in [-0.39, 0.29) is 5.76 Å². The molecule has 0 radical (unpaired) electrons. The Labute approximate surface area is 160 Å². The van der Waals surface area contributed by atoms with E-state index in [1.54, 1.807) is 31.4 Å². The van der Waals surface area contributed by atoms with Crippen molar-refractivity contribution in [3.63, 3.8) is 0 Å². The monoisotopic (exact) mass is 381 g/mol. The topological polar surface area (TPSA) is 53.6 Å². The highest BCUT2D eigenvalue weighted by atomic mass is 32.1. The van der Waals surface area contributed by atoms with Crippen molar-refractivity contribution in [3.8, 4) is 17.0 Å². The van der Waals surface area contributed by atoms with Gasteiger partial charge in [0.2, 0.25) is 5.76 Å². The number of fused-ring (bicyclic) bond motifs is 1. The van der Waals surface area contributed by atoms with Crippen LogP contribution in [0.4, 0.5) is 0 Å². The van der Waals surface area contributed by atoms with Crippen molar-refractivity contribution in [2.24, 2.45) is 0 Å². The van der Waals surface area contributed by atoms with Gasteiger partial charge in [-0.2, -0.15) is 11.3 Å². The first-order chi connectivity index (χ1) is 13.2. The van der Waals surface area contributed by atoms with Crippen molar-refractivity contribution in [3.05, 3.63) is 64.7 Å². The van der Waals surface area contributed by atoms with Crippen LogP contribution in [-0.4, -0.2) is 24.3 Å². The molecule has 0 saturated heterocycles. The van der Waals surface area contributed by atoms with E-state index in [1.165, 1.54) is 0 Å². The van der Waals surface area contributed by atoms with Gasteiger partial charge in [0.1, 0.15) is 11.5 Å². The molecule has 6 heteroatoms. The molecule has 0 atom stereocenters. The maximum atomic E-state index is 11.9. The number of carbonyl (C=O) groups excluding carboxylic acids is 1. The number of ether oxygens (including phenoxy) is 2. The number of hydrogen-bond donors (Lipinski definition) is 0. The second-order valence-electron chi connectivity index (χ2n) is 6.04. The van der Waals surface area contributed by atoms with Crippen LogP contribution in [0.3, 0.4) is 0 Å². The molecule has 4 aromatic rings. The molecule has 138 valence electrons. The summed E-state index contributed by atoms with van der Waals surface area (Å²) < 4.78 is 18.3. The molecule has 0 amide bonds. The average Bonchev–Trinajstić information content (AvgIpc) is 3.42. The van der Waals surface area contributed by atoms with Crippen LogP contribution in [0, 0.1) is 0 Å². The van der Waals surface area contributed by atoms with Gasteiger partial charge in [0.05, 0.1) is 26.0 Å². The van der Waals surface area contributed by atoms with Gasteiger partial charge in [-0.1, -0.05) is 0 Å². The molecule has 0 aliphatic heterocycles. The van der Waals surface area contributed by atoms with Crippen LogP contribution in [0.5, 0.6) is 5.75 Å². The molecule has 27 heavy (non-hydrogen) atoms. The normalized spacial score (nSPS) is 11.0. The maximum absolute atomic E-state index is 11.9. The van der Waals surface area contributed by atoms with Crippen LogP contribution in [0.1, 0.15) is 23.2 Å². The van der Waals surface area contributed by atoms with Gasteiger partial charge >= 0.3 is 5.97 Å². The lowest BCUT2D eigenvalue weighted by Crippen LogP contribution is -2.03. The van der Waals surface area contributed by atoms with E-state index in [9.17, 15) is 4.79 Å². The van der Waals surface area contributed by atoms with Gasteiger partial charge in [-0.25, -0.2) is 4.79 Å². The fourth-order valence-electron chi connectivity index (χ4n) is 3.13. The van der Waals surface area contributed by atoms with Crippen LogP contribution in [-0.2, 0) is 11.3 Å². The standard InChI is InChI=1S/C21H19NO4S/c1-3-25-21(23)20-7-5-17(26-20)12-22-18-6-4-16(24-2)10-15(18)11-19(22)14-8-9-27-13-14/h4-11,13H,3,12H2,1-2H3. The molecule has 3 aromatic heterocycles. The van der Waals surface area contributed by atoms with E-state index in [4.69, 9.17) is 13.9 Å². The van der Waals surface area contributed by atoms with E-state index in [1.807, 2.05) is 24.3 Å². The fourth-order valence-corrected chi connectivity index (χ4v) is 3.78. The summed E-state index contributed by atoms with van der Waals surface area (Å²) in [7, 11) is 1.66. The summed E-state index contributed by atoms with van der Waals surface area (Å²) in [4.78, 5) is 11.9. The van der Waals surface area contributed by atoms with E-state index in [2.05, 4.69) is 27.5 Å². The number of benzene rings is 1. The van der Waals surface area contributed by atoms with Crippen molar-refractivity contribution < 1.29 is 18.7 Å². The lowest BCUT2D eigenvalue weighted by atomic mass is 10.2. The van der Waals surface area contributed by atoms with Crippen LogP contribution >= 0.6 is 11.3 Å². The highest BCUT2D eigenvalue weighted by Crippen LogP contribution is 2.32. The summed E-state index contributed by atoms with van der Waals surface area (Å²) in [6.07, 6.45) is 0. The smallest absolute Gasteiger partial charge is 0.374 e. The molecule has 3 heterocycles. The van der Waals surface area contributed by atoms with Gasteiger partial charge in [-0.05, 0) is 54.8 Å². The van der Waals surface area contributed by atoms with Crippen molar-refractivity contribution in [2.75, 3.05) is 13.7 Å². The Balaban J connectivity index is 1.76. The Morgan fingerprint density at radius 3 is 2.81 bits per heavy atom. The summed E-state index contributed by atoms with van der Waals surface area (Å²) in [6.45, 7) is 2.61. The fraction of sp³-hybridized carbons (Fsp3) is 0.190. The third-order valence-electron chi connectivity index (χ3n) is 4.38. The third-order valence-corrected chi connectivity index (χ3v) is 5.06. The SMILES string of the molecule is CCOC(=O)c1ccc(Cn2c(-c3ccsc3)cc3cc(OC)ccc32)o1. The molecule has 0 saturated carbocycles. The number of hydrogen-bond acceptors (Lipinski definition) is 5. The molecular formula is C21H19NO4S. The Kier molecular flexibility index (Phi) is 4.73. The Morgan fingerprint density at radius 1 is 1.19 bits per heavy atom. The van der Waals surface area contributed by atoms with Crippen LogP contribution in [0.25, 0.3) is 22.2 Å². The minimum atomic E-state index is -0.441. The van der Waals surface area contributed by atoms with E-state index >= 15 is 0 Å². The number of furan rings is 1. The van der Waals surface area contributed by atoms with Crippen molar-refractivity contribution in [1.29, 1.82) is 0 Å². The van der Waals surface area contributed by atoms with Gasteiger partial charge in [0.25, 0.3) is 0 Å². The predicted octanol–water partition coefficient (Wildman–Crippen LogP) is 5.20. The Hall–Kier alpha value is -2.99. The molecule has 5 nitrogen and oxygen atoms in total. The largest absolute Gasteiger partial charge is 0.497 e. The van der Waals surface area contributed by atoms with Crippen LogP contribution in [0.2, 0.25) is 0 Å². The average molecular weight is 381 g/mol. The highest BCUT2D eigenvalue weighted by Gasteiger charge is 2.16. The molecule has 0 spiro atoms. The molecule has 0 aliphatic rings. The van der Waals surface area contributed by atoms with Crippen molar-refractivity contribution in [2.45, 2.75) is 13.5 Å². The molecule has 0 N–H and O–H groups in total. The number of methoxy groups -OCH3 is 1. The second kappa shape index (κ2) is 7.32. The summed E-state index contributed by atoms with van der Waals surface area (Å²) in [5, 5.41) is 5.27. The zero-order valence-corrected chi connectivity index (χ0v) is 15.9. The van der Waals surface area contributed by atoms with Gasteiger partial charge in [0.15, 0.2) is 0 Å². The van der Waals surface area contributed by atoms with Crippen molar-refractivity contribution in [1.82, 2.24) is 4.57 Å². The number of aromatic nitrogens is 1. The first-order valence-corrected chi connectivity index (χ1v) is 9.59. The summed E-state index contributed by atoms with van der Waals surface area (Å²) >= 11 is 1.66. The maximum Gasteiger partial charge on any atom is 0.374 e. The number of esters is 1. The minimum Gasteiger partial charge on any atom is -0.497 e. The number of nitrogens with zero attached hydrogens (tertiary/aromatic N) is 1. The van der Waals surface area contributed by atoms with Crippen LogP contribution in [0.15, 0.2) is 57.6 Å². The summed E-state index contributed by atoms with van der Waals surface area (Å²) in [5.41, 5.74) is 3.31. The quantitative estimate of drug-likeness (QED) is 0.431. The highest BCUT2D eigenvalue weighted by molar-refractivity contribution is 7.08. The molecule has 0 unspecified atom stereocenters. The lowest BCUT2D eigenvalue weighted by Gasteiger charge is -2.09. The lowest BCUT2D eigenvalue weighted by molar-refractivity contribution is 0.0488. The zero-order chi connectivity index (χ0) is 18.8. The second-order valence-corrected chi connectivity index (χ2v) is 6.82. The van der Waals surface area contributed by atoms with Gasteiger partial charge in [-0.3, -0.25) is 0 Å². The first-order valence-electron chi connectivity index (χ1n) is 8.65. The number of rotatable bonds is 6. The number of carbonyl (C=O) groups is 1. The first kappa shape index (κ1) is 17.4. The van der Waals surface area contributed by atoms with Gasteiger partial charge < -0.3 is 18.5 Å². The van der Waals surface area contributed by atoms with Crippen molar-refractivity contribution >= 4 is 28.2 Å². The van der Waals surface area contributed by atoms with Crippen LogP contribution < -0.4 is 4.74 Å². The van der Waals surface area contributed by atoms with Gasteiger partial charge in [-0.15, -0.1) is 0 Å². The summed E-state index contributed by atoms with van der Waals surface area (Å²) in [6, 6.07) is 13.7. The molecule has 1 aromatic carbocycles. The third kappa shape index (κ3) is 3.36. The van der Waals surface area contributed by atoms with E-state index in [0.29, 0.717) is 18.9 Å². The molecule has 4 rings (SSSR count). The minimum absolute atomic E-state index is 0.224. The van der Waals surface area contributed by atoms with E-state index in [0.717, 1.165) is 27.9 Å². The Bertz CT molecular complexity index is 1080. The predicted molar refractivity (Wildman–Crippen MR) is 106 cm³/mol. The van der Waals surface area contributed by atoms with Gasteiger partial charge in [0, 0.05) is 21.8 Å². The Morgan fingerprint density at radius 2 is 2.07 bits per heavy atom. The molecule has 0 fully saturated rings. The zero-order valence-electron chi connectivity index (χ0n) is 15.1. The molecule has 0 aliphatic carbocycles. The number of thiophene rings is 1. The molecular weight excluding hydrogens is 362 g/mol.